The van der Waals surface area contributed by atoms with Gasteiger partial charge in [-0.3, -0.25) is 9.59 Å². The maximum absolute atomic E-state index is 14.9. The van der Waals surface area contributed by atoms with Crippen LogP contribution in [0.1, 0.15) is 101 Å². The molecule has 7 nitrogen and oxygen atoms in total. The van der Waals surface area contributed by atoms with Gasteiger partial charge in [0.1, 0.15) is 18.2 Å². The van der Waals surface area contributed by atoms with E-state index in [0.717, 1.165) is 29.7 Å². The molecule has 44 heavy (non-hydrogen) atoms. The van der Waals surface area contributed by atoms with E-state index in [-0.39, 0.29) is 48.1 Å². The Morgan fingerprint density at radius 2 is 1.86 bits per heavy atom. The average Bonchev–Trinajstić information content (AvgIpc) is 3.48. The van der Waals surface area contributed by atoms with Crippen molar-refractivity contribution in [1.29, 1.82) is 0 Å². The molecule has 0 bridgehead atoms. The van der Waals surface area contributed by atoms with Crippen molar-refractivity contribution in [1.82, 2.24) is 9.80 Å². The molecule has 0 spiro atoms. The zero-order chi connectivity index (χ0) is 33.4. The molecule has 2 saturated heterocycles. The van der Waals surface area contributed by atoms with Crippen molar-refractivity contribution < 1.29 is 27.8 Å². The molecule has 3 aliphatic rings. The van der Waals surface area contributed by atoms with E-state index in [1.165, 1.54) is 32.1 Å². The van der Waals surface area contributed by atoms with Crippen LogP contribution in [0.5, 0.6) is 0 Å². The molecule has 3 heterocycles. The van der Waals surface area contributed by atoms with E-state index in [0.29, 0.717) is 38.8 Å². The largest absolute Gasteiger partial charge is 0.462 e. The summed E-state index contributed by atoms with van der Waals surface area (Å²) in [5.74, 6) is -1.30. The summed E-state index contributed by atoms with van der Waals surface area (Å²) in [6.45, 7) is 17.7. The summed E-state index contributed by atoms with van der Waals surface area (Å²) < 4.78 is 40.6. The SMILES string of the molecule is CC.CC.CCC(=C\C=C(/C)F)/C1=C(\CC2CCCN2C(=O)C(C)N)C(C)/C=C\C(F)=C/CN1C1CC(OC(C)=O)CCO1. The summed E-state index contributed by atoms with van der Waals surface area (Å²) in [6, 6.07) is -0.656. The Bertz CT molecular complexity index is 1080. The first kappa shape index (κ1) is 39.2. The highest BCUT2D eigenvalue weighted by Crippen LogP contribution is 2.37. The number of esters is 1. The molecule has 0 aromatic carbocycles. The van der Waals surface area contributed by atoms with Gasteiger partial charge in [-0.1, -0.05) is 53.7 Å². The number of nitrogens with two attached hydrogens (primary N) is 1. The Morgan fingerprint density at radius 3 is 2.45 bits per heavy atom. The van der Waals surface area contributed by atoms with E-state index in [9.17, 15) is 18.4 Å². The molecule has 2 fully saturated rings. The minimum atomic E-state index is -0.598. The smallest absolute Gasteiger partial charge is 0.302 e. The number of halogens is 2. The summed E-state index contributed by atoms with van der Waals surface area (Å²) in [6.07, 6.45) is 11.1. The molecule has 0 aromatic rings. The second kappa shape index (κ2) is 20.3. The zero-order valence-electron chi connectivity index (χ0n) is 28.5. The molecule has 5 atom stereocenters. The fourth-order valence-electron chi connectivity index (χ4n) is 5.77. The number of hydrogen-bond donors (Lipinski definition) is 1. The van der Waals surface area contributed by atoms with Crippen LogP contribution in [0.4, 0.5) is 8.78 Å². The van der Waals surface area contributed by atoms with Gasteiger partial charge in [0.25, 0.3) is 0 Å². The number of allylic oxidation sites excluding steroid dienone is 7. The normalized spacial score (nSPS) is 29.0. The van der Waals surface area contributed by atoms with Crippen LogP contribution < -0.4 is 5.73 Å². The molecule has 250 valence electrons. The van der Waals surface area contributed by atoms with E-state index < -0.39 is 12.3 Å². The van der Waals surface area contributed by atoms with Crippen molar-refractivity contribution in [3.8, 4) is 0 Å². The first-order valence-corrected chi connectivity index (χ1v) is 16.4. The molecular formula is C35H57F2N3O4. The highest BCUT2D eigenvalue weighted by Gasteiger charge is 2.36. The number of amides is 1. The third kappa shape index (κ3) is 11.6. The van der Waals surface area contributed by atoms with Gasteiger partial charge in [-0.25, -0.2) is 8.78 Å². The Labute approximate surface area is 264 Å². The van der Waals surface area contributed by atoms with Crippen molar-refractivity contribution >= 4 is 11.9 Å². The molecule has 0 aliphatic carbocycles. The van der Waals surface area contributed by atoms with Gasteiger partial charge in [0.2, 0.25) is 5.91 Å². The fourth-order valence-corrected chi connectivity index (χ4v) is 5.77. The number of rotatable bonds is 8. The summed E-state index contributed by atoms with van der Waals surface area (Å²) in [4.78, 5) is 28.6. The van der Waals surface area contributed by atoms with Crippen LogP contribution >= 0.6 is 0 Å². The lowest BCUT2D eigenvalue weighted by Gasteiger charge is -2.41. The highest BCUT2D eigenvalue weighted by molar-refractivity contribution is 5.81. The minimum Gasteiger partial charge on any atom is -0.462 e. The molecule has 0 saturated carbocycles. The first-order valence-electron chi connectivity index (χ1n) is 16.4. The molecule has 2 N–H and O–H groups in total. The van der Waals surface area contributed by atoms with Gasteiger partial charge >= 0.3 is 5.97 Å². The summed E-state index contributed by atoms with van der Waals surface area (Å²) in [5, 5.41) is 0. The number of carbonyl (C=O) groups is 2. The molecule has 0 aromatic heterocycles. The van der Waals surface area contributed by atoms with Crippen molar-refractivity contribution in [2.45, 2.75) is 125 Å². The lowest BCUT2D eigenvalue weighted by molar-refractivity contribution is -0.160. The summed E-state index contributed by atoms with van der Waals surface area (Å²) >= 11 is 0. The minimum absolute atomic E-state index is 0.0580. The Morgan fingerprint density at radius 1 is 1.18 bits per heavy atom. The summed E-state index contributed by atoms with van der Waals surface area (Å²) in [7, 11) is 0. The second-order valence-corrected chi connectivity index (χ2v) is 11.0. The second-order valence-electron chi connectivity index (χ2n) is 11.0. The van der Waals surface area contributed by atoms with E-state index >= 15 is 0 Å². The van der Waals surface area contributed by atoms with Crippen molar-refractivity contribution in [2.24, 2.45) is 11.7 Å². The highest BCUT2D eigenvalue weighted by atomic mass is 19.1. The van der Waals surface area contributed by atoms with Crippen LogP contribution in [-0.2, 0) is 19.1 Å². The number of hydrogen-bond acceptors (Lipinski definition) is 6. The molecule has 0 radical (unpaired) electrons. The third-order valence-electron chi connectivity index (χ3n) is 7.77. The quantitative estimate of drug-likeness (QED) is 0.221. The van der Waals surface area contributed by atoms with Crippen LogP contribution in [0.2, 0.25) is 0 Å². The lowest BCUT2D eigenvalue weighted by Crippen LogP contribution is -2.46. The van der Waals surface area contributed by atoms with Gasteiger partial charge in [0.15, 0.2) is 0 Å². The molecular weight excluding hydrogens is 564 g/mol. The molecule has 9 heteroatoms. The standard InChI is InChI=1S/C31H45F2N3O4.2C2H6/c1-6-24(11-10-21(3)32)30-28(18-26-8-7-15-35(26)31(38)22(4)34)20(2)9-12-25(33)13-16-36(30)29-19-27(14-17-39-29)40-23(5)37;2*1-2/h9-13,20,22,26-27,29H,6-8,14-19,34H2,1-5H3;2*1-2H3/b12-9-,21-10+,24-11+,25-13+,30-28-;;. The maximum atomic E-state index is 14.9. The number of nitrogens with zero attached hydrogens (tertiary/aromatic N) is 2. The van der Waals surface area contributed by atoms with Crippen LogP contribution in [0.25, 0.3) is 0 Å². The monoisotopic (exact) mass is 621 g/mol. The predicted octanol–water partition coefficient (Wildman–Crippen LogP) is 7.66. The summed E-state index contributed by atoms with van der Waals surface area (Å²) in [5.41, 5.74) is 8.73. The molecule has 3 rings (SSSR count). The van der Waals surface area contributed by atoms with E-state index in [1.54, 1.807) is 13.0 Å². The van der Waals surface area contributed by atoms with Gasteiger partial charge in [-0.2, -0.15) is 0 Å². The zero-order valence-corrected chi connectivity index (χ0v) is 28.5. The Hall–Kier alpha value is -2.78. The molecule has 5 unspecified atom stereocenters. The first-order chi connectivity index (χ1) is 21.0. The fraction of sp³-hybridized carbons (Fsp3) is 0.657. The van der Waals surface area contributed by atoms with Gasteiger partial charge in [0, 0.05) is 44.6 Å². The average molecular weight is 622 g/mol. The van der Waals surface area contributed by atoms with Gasteiger partial charge in [-0.15, -0.1) is 0 Å². The van der Waals surface area contributed by atoms with E-state index in [2.05, 4.69) is 0 Å². The van der Waals surface area contributed by atoms with Crippen LogP contribution in [-0.4, -0.2) is 65.8 Å². The Balaban J connectivity index is 0.00000232. The van der Waals surface area contributed by atoms with Crippen LogP contribution in [0.15, 0.2) is 58.9 Å². The van der Waals surface area contributed by atoms with Gasteiger partial charge in [0.05, 0.1) is 18.5 Å². The molecule has 3 aliphatic heterocycles. The van der Waals surface area contributed by atoms with E-state index in [4.69, 9.17) is 15.2 Å². The van der Waals surface area contributed by atoms with Crippen molar-refractivity contribution in [2.75, 3.05) is 19.7 Å². The number of carbonyl (C=O) groups excluding carboxylic acids is 2. The predicted molar refractivity (Wildman–Crippen MR) is 175 cm³/mol. The van der Waals surface area contributed by atoms with Crippen LogP contribution in [0, 0.1) is 5.92 Å². The maximum Gasteiger partial charge on any atom is 0.302 e. The van der Waals surface area contributed by atoms with Crippen LogP contribution in [0.3, 0.4) is 0 Å². The topological polar surface area (TPSA) is 85.1 Å². The number of ether oxygens (including phenoxy) is 2. The van der Waals surface area contributed by atoms with E-state index in [1.807, 2.05) is 57.4 Å². The van der Waals surface area contributed by atoms with Gasteiger partial charge in [-0.05, 0) is 74.8 Å². The van der Waals surface area contributed by atoms with Gasteiger partial charge < -0.3 is 25.0 Å². The van der Waals surface area contributed by atoms with Crippen molar-refractivity contribution in [3.63, 3.8) is 0 Å². The third-order valence-corrected chi connectivity index (χ3v) is 7.77. The lowest BCUT2D eigenvalue weighted by atomic mass is 9.87. The molecule has 1 amide bonds. The van der Waals surface area contributed by atoms with Crippen molar-refractivity contribution in [3.05, 3.63) is 58.9 Å². The Kier molecular flexibility index (Phi) is 18.1. The number of likely N-dealkylation sites (tertiary alicyclic amines) is 1.